The summed E-state index contributed by atoms with van der Waals surface area (Å²) < 4.78 is 31.0. The van der Waals surface area contributed by atoms with Crippen molar-refractivity contribution < 1.29 is 17.7 Å². The number of hydrogen-bond acceptors (Lipinski definition) is 9. The van der Waals surface area contributed by atoms with Gasteiger partial charge in [0.05, 0.1) is 6.54 Å². The minimum atomic E-state index is -3.93. The first-order chi connectivity index (χ1) is 12.8. The first kappa shape index (κ1) is 19.4. The van der Waals surface area contributed by atoms with E-state index < -0.39 is 10.0 Å². The maximum Gasteiger partial charge on any atom is 0.272 e. The Morgan fingerprint density at radius 2 is 2.00 bits per heavy atom. The van der Waals surface area contributed by atoms with Crippen molar-refractivity contribution in [3.63, 3.8) is 0 Å². The summed E-state index contributed by atoms with van der Waals surface area (Å²) in [5.74, 6) is 0.0537. The Morgan fingerprint density at radius 1 is 1.30 bits per heavy atom. The smallest absolute Gasteiger partial charge is 0.272 e. The number of nitrogens with one attached hydrogen (secondary N) is 1. The fraction of sp³-hybridized carbons (Fsp3) is 0.214. The van der Waals surface area contributed by atoms with E-state index in [1.54, 1.807) is 24.3 Å². The monoisotopic (exact) mass is 428 g/mol. The van der Waals surface area contributed by atoms with Crippen LogP contribution in [0.1, 0.15) is 12.8 Å². The largest absolute Gasteiger partial charge is 0.338 e. The molecule has 0 saturated carbocycles. The first-order valence-corrected chi connectivity index (χ1v) is 10.0. The van der Waals surface area contributed by atoms with E-state index in [1.165, 1.54) is 14.0 Å². The number of amides is 1. The number of nitrogens with zero attached hydrogens (tertiary/aromatic N) is 5. The SMILES string of the molecule is CC(=O)Nc1nnc(S(=O)(=O)N(C)Cc2nc(-c3ccc(Cl)cc3)no2)s1. The first-order valence-electron chi connectivity index (χ1n) is 7.41. The molecule has 0 spiro atoms. The second-order valence-corrected chi connectivity index (χ2v) is 8.97. The molecule has 0 bridgehead atoms. The number of aromatic nitrogens is 4. The summed E-state index contributed by atoms with van der Waals surface area (Å²) in [5, 5.41) is 14.1. The fourth-order valence-corrected chi connectivity index (χ4v) is 4.34. The molecule has 2 heterocycles. The van der Waals surface area contributed by atoms with Crippen LogP contribution in [0.15, 0.2) is 33.1 Å². The second kappa shape index (κ2) is 7.68. The van der Waals surface area contributed by atoms with Crippen LogP contribution < -0.4 is 5.32 Å². The molecule has 27 heavy (non-hydrogen) atoms. The maximum absolute atomic E-state index is 12.6. The van der Waals surface area contributed by atoms with Crippen LogP contribution in [0.25, 0.3) is 11.4 Å². The van der Waals surface area contributed by atoms with Crippen LogP contribution in [0.4, 0.5) is 5.13 Å². The minimum absolute atomic E-state index is 0.0947. The Morgan fingerprint density at radius 3 is 2.67 bits per heavy atom. The molecule has 3 aromatic rings. The maximum atomic E-state index is 12.6. The van der Waals surface area contributed by atoms with Gasteiger partial charge in [0, 0.05) is 24.6 Å². The summed E-state index contributed by atoms with van der Waals surface area (Å²) in [6.07, 6.45) is 0. The Balaban J connectivity index is 1.74. The van der Waals surface area contributed by atoms with Gasteiger partial charge in [0.1, 0.15) is 0 Å². The molecule has 3 rings (SSSR count). The number of carbonyl (C=O) groups excluding carboxylic acids is 1. The highest BCUT2D eigenvalue weighted by atomic mass is 35.5. The minimum Gasteiger partial charge on any atom is -0.338 e. The number of rotatable bonds is 6. The molecule has 10 nitrogen and oxygen atoms in total. The van der Waals surface area contributed by atoms with Gasteiger partial charge in [-0.25, -0.2) is 8.42 Å². The molecule has 0 fully saturated rings. The molecule has 142 valence electrons. The molecule has 0 saturated heterocycles. The third-order valence-corrected chi connectivity index (χ3v) is 6.49. The Bertz CT molecular complexity index is 1060. The van der Waals surface area contributed by atoms with E-state index in [-0.39, 0.29) is 27.8 Å². The number of sulfonamides is 1. The molecule has 0 atom stereocenters. The summed E-state index contributed by atoms with van der Waals surface area (Å²) in [6.45, 7) is 1.13. The van der Waals surface area contributed by atoms with Crippen molar-refractivity contribution >= 4 is 44.0 Å². The molecule has 13 heteroatoms. The van der Waals surface area contributed by atoms with E-state index in [9.17, 15) is 13.2 Å². The number of halogens is 1. The lowest BCUT2D eigenvalue weighted by molar-refractivity contribution is -0.114. The summed E-state index contributed by atoms with van der Waals surface area (Å²) in [7, 11) is -2.58. The normalized spacial score (nSPS) is 11.7. The number of hydrogen-bond donors (Lipinski definition) is 1. The summed E-state index contributed by atoms with van der Waals surface area (Å²) in [5.41, 5.74) is 0.684. The predicted octanol–water partition coefficient (Wildman–Crippen LogP) is 2.02. The van der Waals surface area contributed by atoms with Gasteiger partial charge in [0.15, 0.2) is 0 Å². The average molecular weight is 429 g/mol. The molecular weight excluding hydrogens is 416 g/mol. The Labute approximate surface area is 163 Å². The van der Waals surface area contributed by atoms with Gasteiger partial charge in [-0.2, -0.15) is 9.29 Å². The topological polar surface area (TPSA) is 131 Å². The summed E-state index contributed by atoms with van der Waals surface area (Å²) in [4.78, 5) is 15.2. The standard InChI is InChI=1S/C14H13ClN6O4S2/c1-8(22)16-13-18-19-14(26-13)27(23,24)21(2)7-11-17-12(20-25-11)9-3-5-10(15)6-4-9/h3-6H,7H2,1-2H3,(H,16,18,22). The second-order valence-electron chi connectivity index (χ2n) is 5.33. The van der Waals surface area contributed by atoms with Gasteiger partial charge < -0.3 is 9.84 Å². The number of anilines is 1. The predicted molar refractivity (Wildman–Crippen MR) is 97.6 cm³/mol. The number of benzene rings is 1. The van der Waals surface area contributed by atoms with E-state index in [0.29, 0.717) is 16.4 Å². The lowest BCUT2D eigenvalue weighted by Gasteiger charge is -2.11. The average Bonchev–Trinajstić information content (AvgIpc) is 3.25. The van der Waals surface area contributed by atoms with E-state index in [4.69, 9.17) is 16.1 Å². The van der Waals surface area contributed by atoms with Crippen LogP contribution in [0.5, 0.6) is 0 Å². The van der Waals surface area contributed by atoms with Crippen LogP contribution in [-0.4, -0.2) is 46.0 Å². The molecule has 1 N–H and O–H groups in total. The molecule has 1 amide bonds. The molecule has 0 radical (unpaired) electrons. The zero-order valence-electron chi connectivity index (χ0n) is 14.1. The molecule has 0 aliphatic carbocycles. The third-order valence-electron chi connectivity index (χ3n) is 3.25. The van der Waals surface area contributed by atoms with Crippen LogP contribution in [0.2, 0.25) is 5.02 Å². The molecular formula is C14H13ClN6O4S2. The molecule has 0 aliphatic heterocycles. The van der Waals surface area contributed by atoms with Gasteiger partial charge in [-0.05, 0) is 24.3 Å². The highest BCUT2D eigenvalue weighted by molar-refractivity contribution is 7.91. The van der Waals surface area contributed by atoms with Gasteiger partial charge in [-0.3, -0.25) is 4.79 Å². The van der Waals surface area contributed by atoms with Crippen molar-refractivity contribution in [2.24, 2.45) is 0 Å². The van der Waals surface area contributed by atoms with Crippen LogP contribution >= 0.6 is 22.9 Å². The quantitative estimate of drug-likeness (QED) is 0.590. The zero-order chi connectivity index (χ0) is 19.6. The van der Waals surface area contributed by atoms with E-state index in [0.717, 1.165) is 15.6 Å². The number of carbonyl (C=O) groups is 1. The molecule has 0 unspecified atom stereocenters. The highest BCUT2D eigenvalue weighted by Crippen LogP contribution is 2.24. The lowest BCUT2D eigenvalue weighted by atomic mass is 10.2. The van der Waals surface area contributed by atoms with Crippen molar-refractivity contribution in [1.82, 2.24) is 24.6 Å². The fourth-order valence-electron chi connectivity index (χ4n) is 1.96. The Hall–Kier alpha value is -2.41. The molecule has 0 aliphatic rings. The third kappa shape index (κ3) is 4.47. The van der Waals surface area contributed by atoms with Gasteiger partial charge in [0.25, 0.3) is 10.0 Å². The van der Waals surface area contributed by atoms with E-state index >= 15 is 0 Å². The van der Waals surface area contributed by atoms with Crippen molar-refractivity contribution in [2.45, 2.75) is 17.8 Å². The van der Waals surface area contributed by atoms with Crippen molar-refractivity contribution in [1.29, 1.82) is 0 Å². The van der Waals surface area contributed by atoms with Gasteiger partial charge in [0.2, 0.25) is 27.1 Å². The van der Waals surface area contributed by atoms with Crippen LogP contribution in [0, 0.1) is 0 Å². The van der Waals surface area contributed by atoms with Crippen molar-refractivity contribution in [3.8, 4) is 11.4 Å². The lowest BCUT2D eigenvalue weighted by Crippen LogP contribution is -2.26. The summed E-state index contributed by atoms with van der Waals surface area (Å²) >= 11 is 6.59. The highest BCUT2D eigenvalue weighted by Gasteiger charge is 2.27. The van der Waals surface area contributed by atoms with Gasteiger partial charge in [-0.15, -0.1) is 10.2 Å². The van der Waals surface area contributed by atoms with Gasteiger partial charge >= 0.3 is 0 Å². The molecule has 1 aromatic carbocycles. The van der Waals surface area contributed by atoms with Crippen LogP contribution in [-0.2, 0) is 21.4 Å². The van der Waals surface area contributed by atoms with E-state index in [2.05, 4.69) is 25.7 Å². The summed E-state index contributed by atoms with van der Waals surface area (Å²) in [6, 6.07) is 6.82. The molecule has 2 aromatic heterocycles. The van der Waals surface area contributed by atoms with Crippen molar-refractivity contribution in [2.75, 3.05) is 12.4 Å². The van der Waals surface area contributed by atoms with Crippen molar-refractivity contribution in [3.05, 3.63) is 35.2 Å². The van der Waals surface area contributed by atoms with Crippen LogP contribution in [0.3, 0.4) is 0 Å². The van der Waals surface area contributed by atoms with Gasteiger partial charge in [-0.1, -0.05) is 28.1 Å². The zero-order valence-corrected chi connectivity index (χ0v) is 16.5. The van der Waals surface area contributed by atoms with E-state index in [1.807, 2.05) is 0 Å². The Kier molecular flexibility index (Phi) is 5.51.